The lowest BCUT2D eigenvalue weighted by atomic mass is 9.83. The van der Waals surface area contributed by atoms with Gasteiger partial charge in [-0.15, -0.1) is 5.10 Å². The van der Waals surface area contributed by atoms with Gasteiger partial charge in [0.05, 0.1) is 17.5 Å². The molecular weight excluding hydrogens is 372 g/mol. The summed E-state index contributed by atoms with van der Waals surface area (Å²) < 4.78 is 3.10. The first-order valence-corrected chi connectivity index (χ1v) is 10.3. The fourth-order valence-electron chi connectivity index (χ4n) is 2.90. The van der Waals surface area contributed by atoms with Crippen molar-refractivity contribution in [2.45, 2.75) is 42.0 Å². The molecule has 1 aliphatic carbocycles. The number of nitriles is 1. The Bertz CT molecular complexity index is 832. The van der Waals surface area contributed by atoms with E-state index in [0.717, 1.165) is 42.1 Å². The largest absolute Gasteiger partial charge is 0.337 e. The highest BCUT2D eigenvalue weighted by atomic mass is 32.2. The van der Waals surface area contributed by atoms with Crippen molar-refractivity contribution in [2.75, 3.05) is 5.75 Å². The van der Waals surface area contributed by atoms with Gasteiger partial charge in [0.25, 0.3) is 0 Å². The van der Waals surface area contributed by atoms with E-state index in [0.29, 0.717) is 3.95 Å². The first-order chi connectivity index (χ1) is 12.1. The maximum absolute atomic E-state index is 12.3. The Balaban J connectivity index is 1.61. The summed E-state index contributed by atoms with van der Waals surface area (Å²) in [5.41, 5.74) is 0.219. The maximum Gasteiger partial charge on any atom is 0.231 e. The van der Waals surface area contributed by atoms with Gasteiger partial charge < -0.3 is 5.32 Å². The maximum atomic E-state index is 12.3. The molecule has 1 aromatic carbocycles. The van der Waals surface area contributed by atoms with Crippen LogP contribution in [0.3, 0.4) is 0 Å². The van der Waals surface area contributed by atoms with Gasteiger partial charge in [-0.05, 0) is 37.2 Å². The van der Waals surface area contributed by atoms with E-state index in [9.17, 15) is 10.1 Å². The van der Waals surface area contributed by atoms with Crippen molar-refractivity contribution >= 4 is 41.2 Å². The summed E-state index contributed by atoms with van der Waals surface area (Å²) in [5.74, 6) is 0.112. The third-order valence-corrected chi connectivity index (χ3v) is 6.52. The van der Waals surface area contributed by atoms with Crippen molar-refractivity contribution < 1.29 is 4.79 Å². The Labute approximate surface area is 160 Å². The second-order valence-corrected chi connectivity index (χ2v) is 8.82. The molecule has 0 aliphatic heterocycles. The molecule has 0 radical (unpaired) electrons. The van der Waals surface area contributed by atoms with Gasteiger partial charge in [0.15, 0.2) is 8.29 Å². The van der Waals surface area contributed by atoms with Gasteiger partial charge in [0.2, 0.25) is 5.91 Å². The quantitative estimate of drug-likeness (QED) is 0.615. The predicted molar refractivity (Wildman–Crippen MR) is 103 cm³/mol. The normalized spacial score (nSPS) is 16.1. The minimum Gasteiger partial charge on any atom is -0.337 e. The molecular formula is C17H18N4OS3. The lowest BCUT2D eigenvalue weighted by Gasteiger charge is -2.31. The van der Waals surface area contributed by atoms with Crippen molar-refractivity contribution in [3.8, 4) is 11.8 Å². The number of nitrogens with zero attached hydrogens (tertiary/aromatic N) is 3. The molecule has 1 fully saturated rings. The minimum atomic E-state index is -0.689. The standard InChI is InChI=1S/C17H18N4OS3/c18-12-17(9-5-2-6-10-17)19-14(22)11-24-15-20-21(16(23)25-15)13-7-3-1-4-8-13/h1,3-4,7-8H,2,5-6,9-11H2,(H,19,22). The van der Waals surface area contributed by atoms with Crippen LogP contribution in [0.2, 0.25) is 0 Å². The average molecular weight is 391 g/mol. The monoisotopic (exact) mass is 390 g/mol. The predicted octanol–water partition coefficient (Wildman–Crippen LogP) is 4.10. The summed E-state index contributed by atoms with van der Waals surface area (Å²) in [6, 6.07) is 12.0. The molecule has 1 N–H and O–H groups in total. The van der Waals surface area contributed by atoms with Gasteiger partial charge in [-0.3, -0.25) is 4.79 Å². The second-order valence-electron chi connectivity index (χ2n) is 5.97. The summed E-state index contributed by atoms with van der Waals surface area (Å²) in [6.45, 7) is 0. The van der Waals surface area contributed by atoms with E-state index in [1.165, 1.54) is 23.1 Å². The molecule has 0 unspecified atom stereocenters. The van der Waals surface area contributed by atoms with Crippen LogP contribution < -0.4 is 5.32 Å². The van der Waals surface area contributed by atoms with E-state index in [4.69, 9.17) is 12.2 Å². The number of para-hydroxylation sites is 1. The van der Waals surface area contributed by atoms with Crippen molar-refractivity contribution in [3.63, 3.8) is 0 Å². The smallest absolute Gasteiger partial charge is 0.231 e. The van der Waals surface area contributed by atoms with Crippen LogP contribution in [0.5, 0.6) is 0 Å². The van der Waals surface area contributed by atoms with Gasteiger partial charge in [0.1, 0.15) is 5.54 Å². The Morgan fingerprint density at radius 3 is 2.76 bits per heavy atom. The van der Waals surface area contributed by atoms with Crippen LogP contribution in [0.4, 0.5) is 0 Å². The highest BCUT2D eigenvalue weighted by Crippen LogP contribution is 2.28. The SMILES string of the molecule is N#CC1(NC(=O)CSc2nn(-c3ccccc3)c(=S)s2)CCCCC1. The molecule has 1 aliphatic rings. The van der Waals surface area contributed by atoms with Crippen molar-refractivity contribution in [1.29, 1.82) is 5.26 Å². The number of benzene rings is 1. The third-order valence-electron chi connectivity index (χ3n) is 4.16. The van der Waals surface area contributed by atoms with Gasteiger partial charge in [0, 0.05) is 0 Å². The van der Waals surface area contributed by atoms with Crippen LogP contribution in [0, 0.1) is 15.3 Å². The number of carbonyl (C=O) groups excluding carboxylic acids is 1. The molecule has 3 rings (SSSR count). The number of rotatable bonds is 5. The molecule has 5 nitrogen and oxygen atoms in total. The Morgan fingerprint density at radius 2 is 2.08 bits per heavy atom. The van der Waals surface area contributed by atoms with E-state index < -0.39 is 5.54 Å². The van der Waals surface area contributed by atoms with E-state index in [2.05, 4.69) is 16.5 Å². The molecule has 25 heavy (non-hydrogen) atoms. The summed E-state index contributed by atoms with van der Waals surface area (Å²) in [6.07, 6.45) is 4.59. The summed E-state index contributed by atoms with van der Waals surface area (Å²) in [4.78, 5) is 12.3. The number of amides is 1. The fraction of sp³-hybridized carbons (Fsp3) is 0.412. The molecule has 0 spiro atoms. The van der Waals surface area contributed by atoms with Crippen LogP contribution in [-0.2, 0) is 4.79 Å². The molecule has 0 saturated heterocycles. The molecule has 8 heteroatoms. The van der Waals surface area contributed by atoms with E-state index in [1.807, 2.05) is 30.3 Å². The van der Waals surface area contributed by atoms with Crippen molar-refractivity contribution in [1.82, 2.24) is 15.1 Å². The molecule has 1 saturated carbocycles. The molecule has 0 atom stereocenters. The lowest BCUT2D eigenvalue weighted by Crippen LogP contribution is -2.49. The number of thioether (sulfide) groups is 1. The summed E-state index contributed by atoms with van der Waals surface area (Å²) in [7, 11) is 0. The van der Waals surface area contributed by atoms with E-state index in [-0.39, 0.29) is 11.7 Å². The number of nitrogens with one attached hydrogen (secondary N) is 1. The molecule has 130 valence electrons. The zero-order valence-electron chi connectivity index (χ0n) is 13.6. The fourth-order valence-corrected chi connectivity index (χ4v) is 5.06. The average Bonchev–Trinajstić information content (AvgIpc) is 3.02. The van der Waals surface area contributed by atoms with Gasteiger partial charge in [-0.1, -0.05) is 60.6 Å². The zero-order valence-corrected chi connectivity index (χ0v) is 16.1. The van der Waals surface area contributed by atoms with Crippen molar-refractivity contribution in [2.24, 2.45) is 0 Å². The number of hydrogen-bond donors (Lipinski definition) is 1. The summed E-state index contributed by atoms with van der Waals surface area (Å²) >= 11 is 8.11. The number of hydrogen-bond acceptors (Lipinski definition) is 6. The second kappa shape index (κ2) is 8.13. The van der Waals surface area contributed by atoms with E-state index in [1.54, 1.807) is 4.68 Å². The zero-order chi connectivity index (χ0) is 17.7. The first kappa shape index (κ1) is 18.1. The minimum absolute atomic E-state index is 0.124. The van der Waals surface area contributed by atoms with Gasteiger partial charge in [-0.25, -0.2) is 4.68 Å². The Hall–Kier alpha value is -1.69. The van der Waals surface area contributed by atoms with Crippen LogP contribution in [-0.4, -0.2) is 27.0 Å². The highest BCUT2D eigenvalue weighted by Gasteiger charge is 2.33. The molecule has 2 aromatic rings. The topological polar surface area (TPSA) is 70.7 Å². The van der Waals surface area contributed by atoms with E-state index >= 15 is 0 Å². The molecule has 1 amide bonds. The number of carbonyl (C=O) groups is 1. The molecule has 1 aromatic heterocycles. The Kier molecular flexibility index (Phi) is 5.89. The van der Waals surface area contributed by atoms with Crippen molar-refractivity contribution in [3.05, 3.63) is 34.3 Å². The third kappa shape index (κ3) is 4.48. The van der Waals surface area contributed by atoms with Crippen LogP contribution >= 0.6 is 35.3 Å². The number of aromatic nitrogens is 2. The van der Waals surface area contributed by atoms with Crippen LogP contribution in [0.25, 0.3) is 5.69 Å². The first-order valence-electron chi connectivity index (χ1n) is 8.13. The van der Waals surface area contributed by atoms with Crippen LogP contribution in [0.1, 0.15) is 32.1 Å². The Morgan fingerprint density at radius 1 is 1.36 bits per heavy atom. The highest BCUT2D eigenvalue weighted by molar-refractivity contribution is 8.01. The molecule has 1 heterocycles. The van der Waals surface area contributed by atoms with Gasteiger partial charge >= 0.3 is 0 Å². The van der Waals surface area contributed by atoms with Gasteiger partial charge in [-0.2, -0.15) is 5.26 Å². The lowest BCUT2D eigenvalue weighted by molar-refractivity contribution is -0.120. The summed E-state index contributed by atoms with van der Waals surface area (Å²) in [5, 5.41) is 16.9. The van der Waals surface area contributed by atoms with Crippen LogP contribution in [0.15, 0.2) is 34.7 Å². The molecule has 0 bridgehead atoms.